The Morgan fingerprint density at radius 3 is 2.54 bits per heavy atom. The number of hydrogen-bond donors (Lipinski definition) is 1. The van der Waals surface area contributed by atoms with Crippen molar-refractivity contribution in [2.45, 2.75) is 50.0 Å². The van der Waals surface area contributed by atoms with Crippen molar-refractivity contribution in [3.8, 4) is 0 Å². The van der Waals surface area contributed by atoms with E-state index in [0.29, 0.717) is 17.4 Å². The molecule has 3 rings (SSSR count). The number of sulfonamides is 1. The molecule has 7 heteroatoms. The first-order valence-corrected chi connectivity index (χ1v) is 12.0. The van der Waals surface area contributed by atoms with Crippen LogP contribution in [0.5, 0.6) is 0 Å². The number of ether oxygens (including phenoxy) is 1. The highest BCUT2D eigenvalue weighted by molar-refractivity contribution is 7.89. The quantitative estimate of drug-likeness (QED) is 0.714. The van der Waals surface area contributed by atoms with E-state index in [0.717, 1.165) is 70.8 Å². The number of nitrogens with one attached hydrogen (secondary N) is 1. The molecule has 6 nitrogen and oxygen atoms in total. The monoisotopic (exact) mass is 409 g/mol. The van der Waals surface area contributed by atoms with Crippen molar-refractivity contribution in [2.75, 3.05) is 52.5 Å². The minimum absolute atomic E-state index is 0.0354. The first kappa shape index (κ1) is 21.7. The first-order valence-electron chi connectivity index (χ1n) is 10.6. The van der Waals surface area contributed by atoms with Gasteiger partial charge >= 0.3 is 0 Å². The summed E-state index contributed by atoms with van der Waals surface area (Å²) in [6.45, 7) is 10.9. The molecule has 2 saturated heterocycles. The van der Waals surface area contributed by atoms with Crippen LogP contribution in [0.2, 0.25) is 0 Å². The molecule has 2 fully saturated rings. The highest BCUT2D eigenvalue weighted by atomic mass is 32.2. The normalized spacial score (nSPS) is 22.1. The van der Waals surface area contributed by atoms with E-state index >= 15 is 0 Å². The van der Waals surface area contributed by atoms with Crippen molar-refractivity contribution in [3.63, 3.8) is 0 Å². The molecule has 158 valence electrons. The third kappa shape index (κ3) is 5.54. The number of morpholine rings is 1. The number of hydrogen-bond acceptors (Lipinski definition) is 5. The van der Waals surface area contributed by atoms with Crippen LogP contribution in [0.25, 0.3) is 0 Å². The second kappa shape index (κ2) is 10.2. The SMILES string of the molecule is CC(C)c1ccc(S(=O)(=O)N(CCCN2CCOCC2)C2CCCNC2)cc1. The standard InChI is InChI=1S/C21H35N3O3S/c1-18(2)19-6-8-21(9-7-19)28(25,26)24(20-5-3-10-22-17-20)12-4-11-23-13-15-27-16-14-23/h6-9,18,20,22H,3-5,10-17H2,1-2H3. The van der Waals surface area contributed by atoms with Crippen LogP contribution < -0.4 is 5.32 Å². The molecule has 28 heavy (non-hydrogen) atoms. The average molecular weight is 410 g/mol. The summed E-state index contributed by atoms with van der Waals surface area (Å²) in [4.78, 5) is 2.78. The van der Waals surface area contributed by atoms with Crippen molar-refractivity contribution >= 4 is 10.0 Å². The third-order valence-electron chi connectivity index (χ3n) is 5.79. The van der Waals surface area contributed by atoms with E-state index in [4.69, 9.17) is 4.74 Å². The summed E-state index contributed by atoms with van der Waals surface area (Å²) in [6, 6.07) is 7.48. The summed E-state index contributed by atoms with van der Waals surface area (Å²) in [5.41, 5.74) is 1.16. The van der Waals surface area contributed by atoms with Crippen LogP contribution in [-0.2, 0) is 14.8 Å². The highest BCUT2D eigenvalue weighted by Gasteiger charge is 2.32. The zero-order chi connectivity index (χ0) is 20.0. The fraction of sp³-hybridized carbons (Fsp3) is 0.714. The highest BCUT2D eigenvalue weighted by Crippen LogP contribution is 2.24. The van der Waals surface area contributed by atoms with Gasteiger partial charge in [0.1, 0.15) is 0 Å². The lowest BCUT2D eigenvalue weighted by Gasteiger charge is -2.34. The number of piperidine rings is 1. The molecule has 0 bridgehead atoms. The first-order chi connectivity index (χ1) is 13.5. The Hall–Kier alpha value is -0.990. The van der Waals surface area contributed by atoms with Crippen LogP contribution in [-0.4, -0.2) is 76.1 Å². The third-order valence-corrected chi connectivity index (χ3v) is 7.75. The molecule has 1 N–H and O–H groups in total. The zero-order valence-electron chi connectivity index (χ0n) is 17.3. The molecular weight excluding hydrogens is 374 g/mol. The predicted octanol–water partition coefficient (Wildman–Crippen LogP) is 2.28. The molecule has 1 aromatic rings. The topological polar surface area (TPSA) is 61.9 Å². The van der Waals surface area contributed by atoms with Crippen molar-refractivity contribution in [1.29, 1.82) is 0 Å². The van der Waals surface area contributed by atoms with Gasteiger partial charge in [0.2, 0.25) is 10.0 Å². The largest absolute Gasteiger partial charge is 0.379 e. The molecule has 0 amide bonds. The number of rotatable bonds is 8. The Balaban J connectivity index is 1.72. The maximum Gasteiger partial charge on any atom is 0.243 e. The molecule has 0 spiro atoms. The second-order valence-electron chi connectivity index (χ2n) is 8.15. The summed E-state index contributed by atoms with van der Waals surface area (Å²) in [6.07, 6.45) is 2.79. The molecule has 2 aliphatic heterocycles. The Morgan fingerprint density at radius 1 is 1.21 bits per heavy atom. The molecular formula is C21H35N3O3S. The van der Waals surface area contributed by atoms with E-state index in [2.05, 4.69) is 24.1 Å². The summed E-state index contributed by atoms with van der Waals surface area (Å²) >= 11 is 0. The molecule has 1 unspecified atom stereocenters. The van der Waals surface area contributed by atoms with Gasteiger partial charge < -0.3 is 10.1 Å². The fourth-order valence-corrected chi connectivity index (χ4v) is 5.71. The van der Waals surface area contributed by atoms with Crippen LogP contribution in [0.1, 0.15) is 44.6 Å². The Kier molecular flexibility index (Phi) is 7.88. The Bertz CT molecular complexity index is 694. The van der Waals surface area contributed by atoms with Crippen LogP contribution in [0.3, 0.4) is 0 Å². The van der Waals surface area contributed by atoms with Gasteiger partial charge in [0, 0.05) is 32.2 Å². The van der Waals surface area contributed by atoms with Gasteiger partial charge in [-0.1, -0.05) is 26.0 Å². The van der Waals surface area contributed by atoms with Gasteiger partial charge in [-0.15, -0.1) is 0 Å². The van der Waals surface area contributed by atoms with Gasteiger partial charge in [-0.2, -0.15) is 4.31 Å². The van der Waals surface area contributed by atoms with Gasteiger partial charge in [0.15, 0.2) is 0 Å². The molecule has 0 aliphatic carbocycles. The predicted molar refractivity (Wildman–Crippen MR) is 112 cm³/mol. The van der Waals surface area contributed by atoms with E-state index in [1.54, 1.807) is 16.4 Å². The van der Waals surface area contributed by atoms with E-state index in [1.807, 2.05) is 12.1 Å². The maximum absolute atomic E-state index is 13.5. The molecule has 2 heterocycles. The molecule has 1 aromatic carbocycles. The smallest absolute Gasteiger partial charge is 0.243 e. The lowest BCUT2D eigenvalue weighted by Crippen LogP contribution is -2.49. The summed E-state index contributed by atoms with van der Waals surface area (Å²) in [5.74, 6) is 0.393. The molecule has 0 radical (unpaired) electrons. The summed E-state index contributed by atoms with van der Waals surface area (Å²) in [7, 11) is -3.50. The van der Waals surface area contributed by atoms with E-state index in [1.165, 1.54) is 0 Å². The van der Waals surface area contributed by atoms with Gasteiger partial charge in [0.25, 0.3) is 0 Å². The van der Waals surface area contributed by atoms with Crippen LogP contribution in [0.15, 0.2) is 29.2 Å². The van der Waals surface area contributed by atoms with Crippen molar-refractivity contribution in [2.24, 2.45) is 0 Å². The lowest BCUT2D eigenvalue weighted by atomic mass is 10.0. The van der Waals surface area contributed by atoms with Crippen molar-refractivity contribution < 1.29 is 13.2 Å². The van der Waals surface area contributed by atoms with E-state index in [-0.39, 0.29) is 6.04 Å². The van der Waals surface area contributed by atoms with Gasteiger partial charge in [-0.3, -0.25) is 4.90 Å². The maximum atomic E-state index is 13.5. The zero-order valence-corrected chi connectivity index (χ0v) is 18.1. The van der Waals surface area contributed by atoms with E-state index in [9.17, 15) is 8.42 Å². The second-order valence-corrected chi connectivity index (χ2v) is 10.0. The van der Waals surface area contributed by atoms with Gasteiger partial charge in [-0.25, -0.2) is 8.42 Å². The van der Waals surface area contributed by atoms with E-state index < -0.39 is 10.0 Å². The Morgan fingerprint density at radius 2 is 1.93 bits per heavy atom. The number of nitrogens with zero attached hydrogens (tertiary/aromatic N) is 2. The Labute approximate surface area is 170 Å². The molecule has 1 atom stereocenters. The van der Waals surface area contributed by atoms with Gasteiger partial charge in [0.05, 0.1) is 18.1 Å². The molecule has 0 aromatic heterocycles. The lowest BCUT2D eigenvalue weighted by molar-refractivity contribution is 0.0365. The minimum Gasteiger partial charge on any atom is -0.379 e. The fourth-order valence-electron chi connectivity index (χ4n) is 4.01. The van der Waals surface area contributed by atoms with Crippen molar-refractivity contribution in [3.05, 3.63) is 29.8 Å². The average Bonchev–Trinajstić information content (AvgIpc) is 2.72. The number of benzene rings is 1. The van der Waals surface area contributed by atoms with Crippen LogP contribution >= 0.6 is 0 Å². The van der Waals surface area contributed by atoms with Crippen LogP contribution in [0, 0.1) is 0 Å². The van der Waals surface area contributed by atoms with Gasteiger partial charge in [-0.05, 0) is 56.0 Å². The molecule has 0 saturated carbocycles. The molecule has 2 aliphatic rings. The van der Waals surface area contributed by atoms with Crippen LogP contribution in [0.4, 0.5) is 0 Å². The minimum atomic E-state index is -3.50. The van der Waals surface area contributed by atoms with Crippen molar-refractivity contribution in [1.82, 2.24) is 14.5 Å². The summed E-state index contributed by atoms with van der Waals surface area (Å²) in [5, 5.41) is 3.37. The summed E-state index contributed by atoms with van der Waals surface area (Å²) < 4.78 is 34.1.